The average molecular weight is 220 g/mol. The van der Waals surface area contributed by atoms with E-state index in [1.807, 2.05) is 6.07 Å². The number of methoxy groups -OCH3 is 1. The van der Waals surface area contributed by atoms with Gasteiger partial charge in [-0.15, -0.1) is 0 Å². The first-order valence-electron chi connectivity index (χ1n) is 6.36. The van der Waals surface area contributed by atoms with Crippen molar-refractivity contribution in [2.45, 2.75) is 46.0 Å². The van der Waals surface area contributed by atoms with Crippen LogP contribution in [0.1, 0.15) is 51.5 Å². The number of benzene rings is 1. The Morgan fingerprint density at radius 2 is 2.00 bits per heavy atom. The quantitative estimate of drug-likeness (QED) is 0.679. The molecule has 0 aliphatic rings. The summed E-state index contributed by atoms with van der Waals surface area (Å²) in [6.45, 7) is 6.89. The SMILES string of the molecule is CCC[C@H](C)[C@@H](CC)c1cccc(OC)c1. The molecule has 1 rings (SSSR count). The fourth-order valence-corrected chi connectivity index (χ4v) is 2.50. The van der Waals surface area contributed by atoms with Gasteiger partial charge in [-0.1, -0.05) is 45.7 Å². The lowest BCUT2D eigenvalue weighted by atomic mass is 9.83. The molecule has 2 atom stereocenters. The van der Waals surface area contributed by atoms with Crippen molar-refractivity contribution in [3.05, 3.63) is 29.8 Å². The van der Waals surface area contributed by atoms with E-state index in [9.17, 15) is 0 Å². The topological polar surface area (TPSA) is 9.23 Å². The maximum Gasteiger partial charge on any atom is 0.119 e. The summed E-state index contributed by atoms with van der Waals surface area (Å²) in [5.41, 5.74) is 1.42. The second kappa shape index (κ2) is 6.57. The molecule has 0 unspecified atom stereocenters. The molecule has 0 amide bonds. The molecule has 16 heavy (non-hydrogen) atoms. The summed E-state index contributed by atoms with van der Waals surface area (Å²) in [4.78, 5) is 0. The molecule has 0 aliphatic heterocycles. The van der Waals surface area contributed by atoms with Gasteiger partial charge in [0.05, 0.1) is 7.11 Å². The van der Waals surface area contributed by atoms with Crippen molar-refractivity contribution < 1.29 is 4.74 Å². The fourth-order valence-electron chi connectivity index (χ4n) is 2.50. The molecule has 0 aromatic heterocycles. The summed E-state index contributed by atoms with van der Waals surface area (Å²) in [6, 6.07) is 8.51. The third-order valence-corrected chi connectivity index (χ3v) is 3.39. The molecule has 0 saturated carbocycles. The average Bonchev–Trinajstić information content (AvgIpc) is 2.31. The van der Waals surface area contributed by atoms with Crippen molar-refractivity contribution in [3.63, 3.8) is 0 Å². The van der Waals surface area contributed by atoms with Gasteiger partial charge in [-0.2, -0.15) is 0 Å². The van der Waals surface area contributed by atoms with E-state index in [-0.39, 0.29) is 0 Å². The van der Waals surface area contributed by atoms with Crippen LogP contribution in [-0.4, -0.2) is 7.11 Å². The van der Waals surface area contributed by atoms with Gasteiger partial charge in [-0.05, 0) is 36.0 Å². The molecule has 1 nitrogen and oxygen atoms in total. The minimum absolute atomic E-state index is 0.662. The van der Waals surface area contributed by atoms with Crippen LogP contribution < -0.4 is 4.74 Å². The molecule has 0 heterocycles. The van der Waals surface area contributed by atoms with Gasteiger partial charge in [0.15, 0.2) is 0 Å². The van der Waals surface area contributed by atoms with Gasteiger partial charge in [0, 0.05) is 0 Å². The minimum Gasteiger partial charge on any atom is -0.497 e. The highest BCUT2D eigenvalue weighted by Gasteiger charge is 2.17. The standard InChI is InChI=1S/C15H24O/c1-5-8-12(3)15(6-2)13-9-7-10-14(11-13)16-4/h7,9-12,15H,5-6,8H2,1-4H3/t12-,15+/m0/s1. The molecule has 0 radical (unpaired) electrons. The van der Waals surface area contributed by atoms with Crippen LogP contribution in [0.3, 0.4) is 0 Å². The van der Waals surface area contributed by atoms with Gasteiger partial charge < -0.3 is 4.74 Å². The number of hydrogen-bond donors (Lipinski definition) is 0. The first-order valence-corrected chi connectivity index (χ1v) is 6.36. The molecule has 0 spiro atoms. The Kier molecular flexibility index (Phi) is 5.37. The van der Waals surface area contributed by atoms with E-state index in [0.717, 1.165) is 11.7 Å². The Morgan fingerprint density at radius 1 is 1.25 bits per heavy atom. The van der Waals surface area contributed by atoms with Gasteiger partial charge in [-0.3, -0.25) is 0 Å². The Bertz CT molecular complexity index is 306. The van der Waals surface area contributed by atoms with Crippen LogP contribution in [0.2, 0.25) is 0 Å². The van der Waals surface area contributed by atoms with E-state index in [0.29, 0.717) is 5.92 Å². The van der Waals surface area contributed by atoms with Gasteiger partial charge in [-0.25, -0.2) is 0 Å². The molecule has 0 N–H and O–H groups in total. The second-order valence-electron chi connectivity index (χ2n) is 4.56. The second-order valence-corrected chi connectivity index (χ2v) is 4.56. The molecule has 0 aliphatic carbocycles. The monoisotopic (exact) mass is 220 g/mol. The van der Waals surface area contributed by atoms with Crippen molar-refractivity contribution in [1.29, 1.82) is 0 Å². The summed E-state index contributed by atoms with van der Waals surface area (Å²) < 4.78 is 5.29. The highest BCUT2D eigenvalue weighted by atomic mass is 16.5. The molecule has 1 heteroatoms. The zero-order valence-corrected chi connectivity index (χ0v) is 11.0. The third-order valence-electron chi connectivity index (χ3n) is 3.39. The largest absolute Gasteiger partial charge is 0.497 e. The zero-order valence-electron chi connectivity index (χ0n) is 11.0. The molecule has 0 bridgehead atoms. The van der Waals surface area contributed by atoms with Crippen molar-refractivity contribution in [3.8, 4) is 5.75 Å². The summed E-state index contributed by atoms with van der Waals surface area (Å²) in [5.74, 6) is 2.39. The van der Waals surface area contributed by atoms with E-state index in [2.05, 4.69) is 39.0 Å². The van der Waals surface area contributed by atoms with Crippen LogP contribution in [0.15, 0.2) is 24.3 Å². The summed E-state index contributed by atoms with van der Waals surface area (Å²) in [6.07, 6.45) is 3.77. The molecule has 90 valence electrons. The normalized spacial score (nSPS) is 14.5. The fraction of sp³-hybridized carbons (Fsp3) is 0.600. The molecule has 0 saturated heterocycles. The Morgan fingerprint density at radius 3 is 2.56 bits per heavy atom. The molecule has 1 aromatic carbocycles. The molecule has 1 aromatic rings. The van der Waals surface area contributed by atoms with Crippen molar-refractivity contribution >= 4 is 0 Å². The van der Waals surface area contributed by atoms with E-state index >= 15 is 0 Å². The lowest BCUT2D eigenvalue weighted by molar-refractivity contribution is 0.401. The maximum atomic E-state index is 5.29. The summed E-state index contributed by atoms with van der Waals surface area (Å²) in [7, 11) is 1.73. The van der Waals surface area contributed by atoms with Crippen LogP contribution in [0, 0.1) is 5.92 Å². The number of rotatable bonds is 6. The molecular weight excluding hydrogens is 196 g/mol. The van der Waals surface area contributed by atoms with Crippen molar-refractivity contribution in [2.75, 3.05) is 7.11 Å². The van der Waals surface area contributed by atoms with Crippen LogP contribution in [-0.2, 0) is 0 Å². The number of ether oxygens (including phenoxy) is 1. The van der Waals surface area contributed by atoms with Crippen LogP contribution in [0.25, 0.3) is 0 Å². The third kappa shape index (κ3) is 3.26. The van der Waals surface area contributed by atoms with E-state index < -0.39 is 0 Å². The first-order chi connectivity index (χ1) is 7.72. The summed E-state index contributed by atoms with van der Waals surface area (Å²) in [5, 5.41) is 0. The van der Waals surface area contributed by atoms with Gasteiger partial charge in [0.1, 0.15) is 5.75 Å². The lowest BCUT2D eigenvalue weighted by Gasteiger charge is -2.23. The van der Waals surface area contributed by atoms with Gasteiger partial charge >= 0.3 is 0 Å². The Labute approximate surface area is 99.8 Å². The van der Waals surface area contributed by atoms with Crippen molar-refractivity contribution in [2.24, 2.45) is 5.92 Å². The molecule has 0 fully saturated rings. The zero-order chi connectivity index (χ0) is 12.0. The Hall–Kier alpha value is -0.980. The predicted molar refractivity (Wildman–Crippen MR) is 70.1 cm³/mol. The lowest BCUT2D eigenvalue weighted by Crippen LogP contribution is -2.09. The summed E-state index contributed by atoms with van der Waals surface area (Å²) >= 11 is 0. The van der Waals surface area contributed by atoms with E-state index in [1.54, 1.807) is 7.11 Å². The van der Waals surface area contributed by atoms with Gasteiger partial charge in [0.2, 0.25) is 0 Å². The predicted octanol–water partition coefficient (Wildman–Crippen LogP) is 4.63. The van der Waals surface area contributed by atoms with E-state index in [4.69, 9.17) is 4.74 Å². The van der Waals surface area contributed by atoms with Crippen LogP contribution in [0.4, 0.5) is 0 Å². The maximum absolute atomic E-state index is 5.29. The van der Waals surface area contributed by atoms with Crippen molar-refractivity contribution in [1.82, 2.24) is 0 Å². The highest BCUT2D eigenvalue weighted by molar-refractivity contribution is 5.31. The van der Waals surface area contributed by atoms with Crippen LogP contribution >= 0.6 is 0 Å². The van der Waals surface area contributed by atoms with E-state index in [1.165, 1.54) is 24.8 Å². The molecular formula is C15H24O. The number of hydrogen-bond acceptors (Lipinski definition) is 1. The smallest absolute Gasteiger partial charge is 0.119 e. The van der Waals surface area contributed by atoms with Gasteiger partial charge in [0.25, 0.3) is 0 Å². The Balaban J connectivity index is 2.85. The highest BCUT2D eigenvalue weighted by Crippen LogP contribution is 2.32. The minimum atomic E-state index is 0.662. The van der Waals surface area contributed by atoms with Crippen LogP contribution in [0.5, 0.6) is 5.75 Å². The first kappa shape index (κ1) is 13.1.